The number of methoxy groups -OCH3 is 1. The average molecular weight is 262 g/mol. The Morgan fingerprint density at radius 3 is 2.63 bits per heavy atom. The topological polar surface area (TPSA) is 50.4 Å². The van der Waals surface area contributed by atoms with Gasteiger partial charge >= 0.3 is 0 Å². The number of carbonyl (C=O) groups excluding carboxylic acids is 1. The summed E-state index contributed by atoms with van der Waals surface area (Å²) in [6.07, 6.45) is 2.77. The highest BCUT2D eigenvalue weighted by Gasteiger charge is 2.19. The average Bonchev–Trinajstić information content (AvgIpc) is 2.49. The summed E-state index contributed by atoms with van der Waals surface area (Å²) in [5.74, 6) is 1.26. The van der Waals surface area contributed by atoms with Gasteiger partial charge in [0.05, 0.1) is 7.11 Å². The van der Waals surface area contributed by atoms with Crippen LogP contribution >= 0.6 is 0 Å². The summed E-state index contributed by atoms with van der Waals surface area (Å²) in [6, 6.07) is 7.97. The quantitative estimate of drug-likeness (QED) is 0.842. The van der Waals surface area contributed by atoms with Crippen LogP contribution in [-0.2, 0) is 11.2 Å². The lowest BCUT2D eigenvalue weighted by Gasteiger charge is -2.21. The molecule has 1 aromatic carbocycles. The van der Waals surface area contributed by atoms with Gasteiger partial charge in [0.15, 0.2) is 0 Å². The van der Waals surface area contributed by atoms with Crippen molar-refractivity contribution in [3.63, 3.8) is 0 Å². The molecule has 19 heavy (non-hydrogen) atoms. The molecular formula is C15H22N2O2. The lowest BCUT2D eigenvalue weighted by Crippen LogP contribution is -2.38. The molecule has 0 bridgehead atoms. The number of hydrogen-bond acceptors (Lipinski definition) is 3. The van der Waals surface area contributed by atoms with Gasteiger partial charge in [-0.15, -0.1) is 0 Å². The highest BCUT2D eigenvalue weighted by Crippen LogP contribution is 2.12. The molecule has 0 radical (unpaired) electrons. The number of benzene rings is 1. The Labute approximate surface area is 114 Å². The third kappa shape index (κ3) is 4.24. The fourth-order valence-corrected chi connectivity index (χ4v) is 2.35. The summed E-state index contributed by atoms with van der Waals surface area (Å²) in [4.78, 5) is 11.9. The molecule has 0 aromatic heterocycles. The largest absolute Gasteiger partial charge is 0.497 e. The van der Waals surface area contributed by atoms with Crippen molar-refractivity contribution in [1.82, 2.24) is 10.6 Å². The van der Waals surface area contributed by atoms with E-state index in [0.717, 1.165) is 38.1 Å². The van der Waals surface area contributed by atoms with Gasteiger partial charge in [0, 0.05) is 12.5 Å². The van der Waals surface area contributed by atoms with Crippen LogP contribution in [0, 0.1) is 5.92 Å². The number of amides is 1. The Kier molecular flexibility index (Phi) is 5.21. The molecular weight excluding hydrogens is 240 g/mol. The minimum atomic E-state index is 0.192. The second-order valence-electron chi connectivity index (χ2n) is 4.91. The lowest BCUT2D eigenvalue weighted by molar-refractivity contribution is -0.125. The van der Waals surface area contributed by atoms with Gasteiger partial charge in [-0.1, -0.05) is 12.1 Å². The number of carbonyl (C=O) groups is 1. The Morgan fingerprint density at radius 1 is 1.32 bits per heavy atom. The van der Waals surface area contributed by atoms with Crippen molar-refractivity contribution < 1.29 is 9.53 Å². The van der Waals surface area contributed by atoms with Gasteiger partial charge in [0.25, 0.3) is 0 Å². The molecule has 1 aliphatic rings. The molecule has 1 aromatic rings. The summed E-state index contributed by atoms with van der Waals surface area (Å²) in [7, 11) is 1.66. The van der Waals surface area contributed by atoms with E-state index in [4.69, 9.17) is 4.74 Å². The molecule has 1 fully saturated rings. The molecule has 0 aliphatic carbocycles. The Morgan fingerprint density at radius 2 is 2.00 bits per heavy atom. The first-order valence-electron chi connectivity index (χ1n) is 6.91. The van der Waals surface area contributed by atoms with Gasteiger partial charge in [-0.05, 0) is 50.0 Å². The van der Waals surface area contributed by atoms with Gasteiger partial charge in [0.1, 0.15) is 5.75 Å². The first kappa shape index (κ1) is 13.9. The molecule has 4 heteroatoms. The van der Waals surface area contributed by atoms with E-state index in [-0.39, 0.29) is 11.8 Å². The number of nitrogens with one attached hydrogen (secondary N) is 2. The Balaban J connectivity index is 1.71. The van der Waals surface area contributed by atoms with Gasteiger partial charge in [-0.25, -0.2) is 0 Å². The number of piperidine rings is 1. The number of ether oxygens (including phenoxy) is 1. The predicted molar refractivity (Wildman–Crippen MR) is 75.3 cm³/mol. The lowest BCUT2D eigenvalue weighted by atomic mass is 9.97. The molecule has 4 nitrogen and oxygen atoms in total. The minimum absolute atomic E-state index is 0.192. The summed E-state index contributed by atoms with van der Waals surface area (Å²) in [5.41, 5.74) is 1.21. The van der Waals surface area contributed by atoms with Crippen LogP contribution in [0.5, 0.6) is 5.75 Å². The van der Waals surface area contributed by atoms with Gasteiger partial charge in [0.2, 0.25) is 5.91 Å². The van der Waals surface area contributed by atoms with E-state index >= 15 is 0 Å². The van der Waals surface area contributed by atoms with Crippen molar-refractivity contribution in [2.24, 2.45) is 5.92 Å². The van der Waals surface area contributed by atoms with Crippen LogP contribution in [0.15, 0.2) is 24.3 Å². The van der Waals surface area contributed by atoms with Crippen molar-refractivity contribution in [3.8, 4) is 5.75 Å². The standard InChI is InChI=1S/C15H22N2O2/c1-19-14-4-2-12(3-5-14)6-11-17-15(18)13-7-9-16-10-8-13/h2-5,13,16H,6-11H2,1H3,(H,17,18). The molecule has 1 heterocycles. The van der Waals surface area contributed by atoms with E-state index < -0.39 is 0 Å². The van der Waals surface area contributed by atoms with Gasteiger partial charge < -0.3 is 15.4 Å². The highest BCUT2D eigenvalue weighted by molar-refractivity contribution is 5.78. The third-order valence-electron chi connectivity index (χ3n) is 3.58. The Bertz CT molecular complexity index is 397. The van der Waals surface area contributed by atoms with Crippen LogP contribution < -0.4 is 15.4 Å². The van der Waals surface area contributed by atoms with Crippen LogP contribution in [0.3, 0.4) is 0 Å². The van der Waals surface area contributed by atoms with Crippen LogP contribution in [0.4, 0.5) is 0 Å². The molecule has 104 valence electrons. The second-order valence-corrected chi connectivity index (χ2v) is 4.91. The molecule has 2 N–H and O–H groups in total. The van der Waals surface area contributed by atoms with E-state index in [1.807, 2.05) is 24.3 Å². The van der Waals surface area contributed by atoms with Crippen LogP contribution in [0.25, 0.3) is 0 Å². The van der Waals surface area contributed by atoms with Crippen LogP contribution in [0.1, 0.15) is 18.4 Å². The van der Waals surface area contributed by atoms with E-state index in [1.54, 1.807) is 7.11 Å². The zero-order valence-corrected chi connectivity index (χ0v) is 11.4. The van der Waals surface area contributed by atoms with E-state index in [2.05, 4.69) is 10.6 Å². The molecule has 1 amide bonds. The molecule has 1 saturated heterocycles. The molecule has 0 atom stereocenters. The van der Waals surface area contributed by atoms with Crippen molar-refractivity contribution in [2.75, 3.05) is 26.7 Å². The zero-order valence-electron chi connectivity index (χ0n) is 11.4. The van der Waals surface area contributed by atoms with E-state index in [9.17, 15) is 4.79 Å². The maximum absolute atomic E-state index is 11.9. The molecule has 0 unspecified atom stereocenters. The van der Waals surface area contributed by atoms with Crippen LogP contribution in [-0.4, -0.2) is 32.7 Å². The highest BCUT2D eigenvalue weighted by atomic mass is 16.5. The SMILES string of the molecule is COc1ccc(CCNC(=O)C2CCNCC2)cc1. The van der Waals surface area contributed by atoms with Gasteiger partial charge in [-0.3, -0.25) is 4.79 Å². The molecule has 0 saturated carbocycles. The van der Waals surface area contributed by atoms with E-state index in [1.165, 1.54) is 5.56 Å². The maximum atomic E-state index is 11.9. The predicted octanol–water partition coefficient (Wildman–Crippen LogP) is 1.35. The summed E-state index contributed by atoms with van der Waals surface area (Å²) >= 11 is 0. The van der Waals surface area contributed by atoms with Crippen molar-refractivity contribution in [3.05, 3.63) is 29.8 Å². The Hall–Kier alpha value is -1.55. The third-order valence-corrected chi connectivity index (χ3v) is 3.58. The van der Waals surface area contributed by atoms with E-state index in [0.29, 0.717) is 6.54 Å². The smallest absolute Gasteiger partial charge is 0.223 e. The van der Waals surface area contributed by atoms with Crippen molar-refractivity contribution in [1.29, 1.82) is 0 Å². The first-order valence-corrected chi connectivity index (χ1v) is 6.91. The molecule has 0 spiro atoms. The minimum Gasteiger partial charge on any atom is -0.497 e. The zero-order chi connectivity index (χ0) is 13.5. The maximum Gasteiger partial charge on any atom is 0.223 e. The summed E-state index contributed by atoms with van der Waals surface area (Å²) in [6.45, 7) is 2.61. The first-order chi connectivity index (χ1) is 9.29. The van der Waals surface area contributed by atoms with Crippen molar-refractivity contribution >= 4 is 5.91 Å². The number of rotatable bonds is 5. The second kappa shape index (κ2) is 7.14. The van der Waals surface area contributed by atoms with Crippen LogP contribution in [0.2, 0.25) is 0 Å². The van der Waals surface area contributed by atoms with Crippen molar-refractivity contribution in [2.45, 2.75) is 19.3 Å². The monoisotopic (exact) mass is 262 g/mol. The normalized spacial score (nSPS) is 16.1. The molecule has 1 aliphatic heterocycles. The molecule has 2 rings (SSSR count). The fraction of sp³-hybridized carbons (Fsp3) is 0.533. The summed E-state index contributed by atoms with van der Waals surface area (Å²) < 4.78 is 5.12. The van der Waals surface area contributed by atoms with Gasteiger partial charge in [-0.2, -0.15) is 0 Å². The number of hydrogen-bond donors (Lipinski definition) is 2. The fourth-order valence-electron chi connectivity index (χ4n) is 2.35. The summed E-state index contributed by atoms with van der Waals surface area (Å²) in [5, 5.41) is 6.30.